The predicted molar refractivity (Wildman–Crippen MR) is 84.9 cm³/mol. The van der Waals surface area contributed by atoms with Gasteiger partial charge in [-0.1, -0.05) is 6.92 Å². The lowest BCUT2D eigenvalue weighted by Gasteiger charge is -2.20. The van der Waals surface area contributed by atoms with Crippen LogP contribution in [-0.2, 0) is 11.8 Å². The van der Waals surface area contributed by atoms with Crippen molar-refractivity contribution in [3.05, 3.63) is 17.5 Å². The fourth-order valence-electron chi connectivity index (χ4n) is 2.05. The number of carbonyl (C=O) groups is 2. The summed E-state index contributed by atoms with van der Waals surface area (Å²) < 4.78 is 6.79. The predicted octanol–water partition coefficient (Wildman–Crippen LogP) is 2.85. The molecule has 0 aliphatic heterocycles. The molecule has 0 aromatic carbocycles. The highest BCUT2D eigenvalue weighted by molar-refractivity contribution is 5.94. The Kier molecular flexibility index (Phi) is 6.14. The Morgan fingerprint density at radius 2 is 2.05 bits per heavy atom. The summed E-state index contributed by atoms with van der Waals surface area (Å²) in [6.07, 6.45) is 0.725. The van der Waals surface area contributed by atoms with Gasteiger partial charge in [0.1, 0.15) is 11.3 Å². The van der Waals surface area contributed by atoms with E-state index in [2.05, 4.69) is 10.4 Å². The van der Waals surface area contributed by atoms with E-state index >= 15 is 0 Å². The van der Waals surface area contributed by atoms with E-state index in [0.717, 1.165) is 5.69 Å². The molecule has 0 aliphatic rings. The third kappa shape index (κ3) is 6.28. The summed E-state index contributed by atoms with van der Waals surface area (Å²) in [4.78, 5) is 23.7. The molecule has 22 heavy (non-hydrogen) atoms. The molecule has 0 bridgehead atoms. The first kappa shape index (κ1) is 18.2. The van der Waals surface area contributed by atoms with E-state index in [0.29, 0.717) is 25.1 Å². The highest BCUT2D eigenvalue weighted by atomic mass is 16.6. The molecule has 1 amide bonds. The topological polar surface area (TPSA) is 73.2 Å². The second-order valence-corrected chi connectivity index (χ2v) is 6.74. The number of rotatable bonds is 6. The van der Waals surface area contributed by atoms with E-state index in [1.54, 1.807) is 17.8 Å². The number of aryl methyl sites for hydroxylation is 2. The fraction of sp³-hybridized carbons (Fsp3) is 0.688. The molecule has 1 aromatic rings. The normalized spacial score (nSPS) is 12.8. The minimum Gasteiger partial charge on any atom is -0.444 e. The average Bonchev–Trinajstić information content (AvgIpc) is 2.70. The van der Waals surface area contributed by atoms with Crippen LogP contribution in [0.15, 0.2) is 6.07 Å². The number of carbonyl (C=O) groups excluding carboxylic acids is 2. The van der Waals surface area contributed by atoms with Gasteiger partial charge < -0.3 is 10.1 Å². The Bertz CT molecular complexity index is 529. The van der Waals surface area contributed by atoms with Gasteiger partial charge in [0.25, 0.3) is 0 Å². The number of alkyl carbamates (subject to hydrolysis) is 1. The summed E-state index contributed by atoms with van der Waals surface area (Å²) in [5.74, 6) is 0.276. The van der Waals surface area contributed by atoms with Crippen molar-refractivity contribution in [3.63, 3.8) is 0 Å². The molecular formula is C16H27N3O3. The standard InChI is InChI=1S/C16H27N3O3/c1-11(10-17-15(21)22-16(3,4)5)7-8-14(20)13-9-12(2)18-19(13)6/h9,11H,7-8,10H2,1-6H3,(H,17,21). The van der Waals surface area contributed by atoms with Crippen molar-refractivity contribution >= 4 is 11.9 Å². The minimum atomic E-state index is -0.499. The second-order valence-electron chi connectivity index (χ2n) is 6.74. The number of ketones is 1. The van der Waals surface area contributed by atoms with Crippen LogP contribution in [0.4, 0.5) is 4.79 Å². The number of aromatic nitrogens is 2. The Labute approximate surface area is 132 Å². The van der Waals surface area contributed by atoms with E-state index in [1.165, 1.54) is 0 Å². The van der Waals surface area contributed by atoms with Gasteiger partial charge in [-0.2, -0.15) is 5.10 Å². The number of hydrogen-bond donors (Lipinski definition) is 1. The van der Waals surface area contributed by atoms with Gasteiger partial charge in [-0.25, -0.2) is 4.79 Å². The number of ether oxygens (including phenoxy) is 1. The molecule has 1 N–H and O–H groups in total. The number of nitrogens with one attached hydrogen (secondary N) is 1. The zero-order valence-electron chi connectivity index (χ0n) is 14.4. The molecule has 0 radical (unpaired) electrons. The van der Waals surface area contributed by atoms with E-state index in [1.807, 2.05) is 34.6 Å². The summed E-state index contributed by atoms with van der Waals surface area (Å²) in [7, 11) is 1.77. The summed E-state index contributed by atoms with van der Waals surface area (Å²) in [5.41, 5.74) is 0.969. The minimum absolute atomic E-state index is 0.0761. The first-order valence-electron chi connectivity index (χ1n) is 7.59. The van der Waals surface area contributed by atoms with Crippen LogP contribution in [0.1, 0.15) is 56.7 Å². The molecule has 0 spiro atoms. The Balaban J connectivity index is 2.34. The van der Waals surface area contributed by atoms with Crippen molar-refractivity contribution in [1.82, 2.24) is 15.1 Å². The van der Waals surface area contributed by atoms with Crippen molar-refractivity contribution in [1.29, 1.82) is 0 Å². The van der Waals surface area contributed by atoms with Crippen LogP contribution in [0, 0.1) is 12.8 Å². The molecule has 1 unspecified atom stereocenters. The maximum atomic E-state index is 12.1. The molecular weight excluding hydrogens is 282 g/mol. The number of Topliss-reactive ketones (excluding diaryl/α,β-unsaturated/α-hetero) is 1. The van der Waals surface area contributed by atoms with Crippen LogP contribution in [0.5, 0.6) is 0 Å². The quantitative estimate of drug-likeness (QED) is 0.820. The molecule has 0 saturated carbocycles. The van der Waals surface area contributed by atoms with Gasteiger partial charge in [0.05, 0.1) is 5.69 Å². The molecule has 6 heteroatoms. The lowest BCUT2D eigenvalue weighted by molar-refractivity contribution is 0.0520. The summed E-state index contributed by atoms with van der Waals surface area (Å²) in [5, 5.41) is 6.90. The summed E-state index contributed by atoms with van der Waals surface area (Å²) in [6.45, 7) is 9.83. The molecule has 1 atom stereocenters. The number of hydrogen-bond acceptors (Lipinski definition) is 4. The van der Waals surface area contributed by atoms with Crippen LogP contribution in [0.25, 0.3) is 0 Å². The molecule has 0 fully saturated rings. The van der Waals surface area contributed by atoms with Crippen molar-refractivity contribution < 1.29 is 14.3 Å². The highest BCUT2D eigenvalue weighted by Gasteiger charge is 2.17. The average molecular weight is 309 g/mol. The molecule has 1 rings (SSSR count). The first-order valence-corrected chi connectivity index (χ1v) is 7.59. The van der Waals surface area contributed by atoms with Gasteiger partial charge in [0, 0.05) is 20.0 Å². The fourth-order valence-corrected chi connectivity index (χ4v) is 2.05. The maximum Gasteiger partial charge on any atom is 0.407 e. The van der Waals surface area contributed by atoms with Gasteiger partial charge in [-0.3, -0.25) is 9.48 Å². The second kappa shape index (κ2) is 7.42. The van der Waals surface area contributed by atoms with Gasteiger partial charge in [0.2, 0.25) is 0 Å². The van der Waals surface area contributed by atoms with E-state index in [-0.39, 0.29) is 11.7 Å². The zero-order chi connectivity index (χ0) is 16.9. The van der Waals surface area contributed by atoms with E-state index < -0.39 is 11.7 Å². The first-order chi connectivity index (χ1) is 10.1. The van der Waals surface area contributed by atoms with E-state index in [9.17, 15) is 9.59 Å². The van der Waals surface area contributed by atoms with E-state index in [4.69, 9.17) is 4.74 Å². The Hall–Kier alpha value is -1.85. The summed E-state index contributed by atoms with van der Waals surface area (Å²) in [6, 6.07) is 1.80. The van der Waals surface area contributed by atoms with Gasteiger partial charge >= 0.3 is 6.09 Å². The Morgan fingerprint density at radius 3 is 2.55 bits per heavy atom. The SMILES string of the molecule is Cc1cc(C(=O)CCC(C)CNC(=O)OC(C)(C)C)n(C)n1. The van der Waals surface area contributed by atoms with Crippen molar-refractivity contribution in [2.75, 3.05) is 6.54 Å². The van der Waals surface area contributed by atoms with Gasteiger partial charge in [0.15, 0.2) is 5.78 Å². The molecule has 124 valence electrons. The third-order valence-electron chi connectivity index (χ3n) is 3.15. The highest BCUT2D eigenvalue weighted by Crippen LogP contribution is 2.12. The monoisotopic (exact) mass is 309 g/mol. The van der Waals surface area contributed by atoms with Crippen LogP contribution in [0.3, 0.4) is 0 Å². The van der Waals surface area contributed by atoms with Crippen molar-refractivity contribution in [2.24, 2.45) is 13.0 Å². The molecule has 6 nitrogen and oxygen atoms in total. The van der Waals surface area contributed by atoms with Crippen LogP contribution in [-0.4, -0.2) is 33.8 Å². The maximum absolute atomic E-state index is 12.1. The number of nitrogens with zero attached hydrogens (tertiary/aromatic N) is 2. The molecule has 0 saturated heterocycles. The van der Waals surface area contributed by atoms with Crippen LogP contribution in [0.2, 0.25) is 0 Å². The van der Waals surface area contributed by atoms with Crippen LogP contribution < -0.4 is 5.32 Å². The molecule has 1 heterocycles. The van der Waals surface area contributed by atoms with Gasteiger partial charge in [-0.05, 0) is 46.1 Å². The lowest BCUT2D eigenvalue weighted by atomic mass is 10.0. The largest absolute Gasteiger partial charge is 0.444 e. The summed E-state index contributed by atoms with van der Waals surface area (Å²) >= 11 is 0. The van der Waals surface area contributed by atoms with Crippen molar-refractivity contribution in [2.45, 2.75) is 53.1 Å². The number of amides is 1. The third-order valence-corrected chi connectivity index (χ3v) is 3.15. The lowest BCUT2D eigenvalue weighted by Crippen LogP contribution is -2.34. The Morgan fingerprint density at radius 1 is 1.41 bits per heavy atom. The van der Waals surface area contributed by atoms with Crippen LogP contribution >= 0.6 is 0 Å². The molecule has 0 aliphatic carbocycles. The van der Waals surface area contributed by atoms with Crippen molar-refractivity contribution in [3.8, 4) is 0 Å². The zero-order valence-corrected chi connectivity index (χ0v) is 14.4. The smallest absolute Gasteiger partial charge is 0.407 e. The molecule has 1 aromatic heterocycles. The van der Waals surface area contributed by atoms with Gasteiger partial charge in [-0.15, -0.1) is 0 Å².